The van der Waals surface area contributed by atoms with Gasteiger partial charge in [-0.25, -0.2) is 4.79 Å². The van der Waals surface area contributed by atoms with Crippen LogP contribution in [0.1, 0.15) is 17.2 Å². The van der Waals surface area contributed by atoms with Crippen molar-refractivity contribution >= 4 is 11.7 Å². The average molecular weight is 328 g/mol. The molecule has 0 aromatic heterocycles. The number of benzene rings is 2. The van der Waals surface area contributed by atoms with Gasteiger partial charge in [-0.05, 0) is 24.3 Å². The molecule has 0 spiro atoms. The fourth-order valence-corrected chi connectivity index (χ4v) is 2.96. The molecular formula is C18H20N2O4. The second kappa shape index (κ2) is 6.80. The van der Waals surface area contributed by atoms with Crippen LogP contribution in [-0.2, 0) is 6.54 Å². The Bertz CT molecular complexity index is 733. The molecule has 6 nitrogen and oxygen atoms in total. The van der Waals surface area contributed by atoms with Crippen molar-refractivity contribution < 1.29 is 19.4 Å². The molecule has 2 amide bonds. The van der Waals surface area contributed by atoms with E-state index in [1.165, 1.54) is 0 Å². The third-order valence-corrected chi connectivity index (χ3v) is 4.10. The molecule has 0 unspecified atom stereocenters. The molecule has 1 atom stereocenters. The zero-order valence-electron chi connectivity index (χ0n) is 13.7. The van der Waals surface area contributed by atoms with Crippen molar-refractivity contribution in [1.29, 1.82) is 0 Å². The number of aliphatic hydroxyl groups is 1. The van der Waals surface area contributed by atoms with Crippen molar-refractivity contribution in [2.24, 2.45) is 0 Å². The number of fused-ring (bicyclic) bond motifs is 1. The van der Waals surface area contributed by atoms with Crippen molar-refractivity contribution in [2.45, 2.75) is 12.6 Å². The van der Waals surface area contributed by atoms with Crippen molar-refractivity contribution in [2.75, 3.05) is 26.1 Å². The maximum atomic E-state index is 12.5. The standard InChI is InChI=1S/C18H20N2O4/c1-23-15-8-9-16(24-2)17-13(15)10-20(11-14(17)21)18(22)19-12-6-4-3-5-7-12/h3-9,14,21H,10-11H2,1-2H3,(H,19,22)/t14-/m0/s1. The van der Waals surface area contributed by atoms with Crippen LogP contribution in [0, 0.1) is 0 Å². The van der Waals surface area contributed by atoms with E-state index >= 15 is 0 Å². The average Bonchev–Trinajstić information content (AvgIpc) is 2.61. The summed E-state index contributed by atoms with van der Waals surface area (Å²) in [5.41, 5.74) is 2.15. The fraction of sp³-hybridized carbons (Fsp3) is 0.278. The number of ether oxygens (including phenoxy) is 2. The number of aliphatic hydroxyl groups excluding tert-OH is 1. The number of β-amino-alcohol motifs (C(OH)–C–C–N with tert-alkyl or cyclic N) is 1. The van der Waals surface area contributed by atoms with E-state index < -0.39 is 6.10 Å². The minimum Gasteiger partial charge on any atom is -0.496 e. The molecular weight excluding hydrogens is 308 g/mol. The molecule has 0 radical (unpaired) electrons. The van der Waals surface area contributed by atoms with Crippen LogP contribution in [0.5, 0.6) is 11.5 Å². The van der Waals surface area contributed by atoms with Crippen molar-refractivity contribution in [1.82, 2.24) is 4.90 Å². The van der Waals surface area contributed by atoms with E-state index in [4.69, 9.17) is 9.47 Å². The summed E-state index contributed by atoms with van der Waals surface area (Å²) >= 11 is 0. The summed E-state index contributed by atoms with van der Waals surface area (Å²) in [6.45, 7) is 0.528. The van der Waals surface area contributed by atoms with Crippen LogP contribution in [0.2, 0.25) is 0 Å². The molecule has 0 aliphatic carbocycles. The number of anilines is 1. The van der Waals surface area contributed by atoms with Crippen molar-refractivity contribution in [3.8, 4) is 11.5 Å². The third kappa shape index (κ3) is 3.00. The summed E-state index contributed by atoms with van der Waals surface area (Å²) in [7, 11) is 3.13. The SMILES string of the molecule is COc1ccc(OC)c2c1CN(C(=O)Nc1ccccc1)C[C@@H]2O. The molecule has 2 aromatic rings. The number of rotatable bonds is 3. The van der Waals surface area contributed by atoms with Crippen molar-refractivity contribution in [3.05, 3.63) is 53.6 Å². The summed E-state index contributed by atoms with van der Waals surface area (Å²) in [6, 6.07) is 12.5. The second-order valence-corrected chi connectivity index (χ2v) is 5.55. The predicted molar refractivity (Wildman–Crippen MR) is 90.4 cm³/mol. The number of carbonyl (C=O) groups excluding carboxylic acids is 1. The smallest absolute Gasteiger partial charge is 0.322 e. The van der Waals surface area contributed by atoms with Gasteiger partial charge in [-0.3, -0.25) is 0 Å². The molecule has 1 aliphatic rings. The highest BCUT2D eigenvalue weighted by atomic mass is 16.5. The van der Waals surface area contributed by atoms with E-state index in [0.717, 1.165) is 5.56 Å². The van der Waals surface area contributed by atoms with Gasteiger partial charge in [0.15, 0.2) is 0 Å². The van der Waals surface area contributed by atoms with Gasteiger partial charge < -0.3 is 24.8 Å². The Balaban J connectivity index is 1.87. The van der Waals surface area contributed by atoms with Crippen LogP contribution in [0.4, 0.5) is 10.5 Å². The van der Waals surface area contributed by atoms with E-state index in [1.807, 2.05) is 30.3 Å². The summed E-state index contributed by atoms with van der Waals surface area (Å²) in [4.78, 5) is 14.1. The summed E-state index contributed by atoms with van der Waals surface area (Å²) in [5, 5.41) is 13.4. The number of hydrogen-bond acceptors (Lipinski definition) is 4. The first-order chi connectivity index (χ1) is 11.6. The van der Waals surface area contributed by atoms with E-state index in [-0.39, 0.29) is 12.6 Å². The Morgan fingerprint density at radius 1 is 1.12 bits per heavy atom. The number of para-hydroxylation sites is 1. The molecule has 0 saturated carbocycles. The number of amides is 2. The lowest BCUT2D eigenvalue weighted by Crippen LogP contribution is -2.41. The van der Waals surface area contributed by atoms with Crippen LogP contribution in [-0.4, -0.2) is 36.8 Å². The first kappa shape index (κ1) is 16.1. The van der Waals surface area contributed by atoms with Crippen molar-refractivity contribution in [3.63, 3.8) is 0 Å². The van der Waals surface area contributed by atoms with Gasteiger partial charge in [-0.2, -0.15) is 0 Å². The summed E-state index contributed by atoms with van der Waals surface area (Å²) < 4.78 is 10.7. The minimum atomic E-state index is -0.833. The lowest BCUT2D eigenvalue weighted by molar-refractivity contribution is 0.105. The first-order valence-corrected chi connectivity index (χ1v) is 7.66. The van der Waals surface area contributed by atoms with Gasteiger partial charge in [0.1, 0.15) is 17.6 Å². The summed E-state index contributed by atoms with van der Waals surface area (Å²) in [6.07, 6.45) is -0.833. The van der Waals surface area contributed by atoms with Gasteiger partial charge in [0.2, 0.25) is 0 Å². The molecule has 2 N–H and O–H groups in total. The topological polar surface area (TPSA) is 71.0 Å². The number of methoxy groups -OCH3 is 2. The van der Waals surface area contributed by atoms with Crippen LogP contribution in [0.3, 0.4) is 0 Å². The van der Waals surface area contributed by atoms with Crippen LogP contribution < -0.4 is 14.8 Å². The molecule has 126 valence electrons. The molecule has 3 rings (SSSR count). The van der Waals surface area contributed by atoms with Gasteiger partial charge in [-0.15, -0.1) is 0 Å². The molecule has 6 heteroatoms. The molecule has 0 saturated heterocycles. The highest BCUT2D eigenvalue weighted by Crippen LogP contribution is 2.39. The van der Waals surface area contributed by atoms with Gasteiger partial charge in [0, 0.05) is 16.8 Å². The molecule has 0 bridgehead atoms. The van der Waals surface area contributed by atoms with Gasteiger partial charge in [0.05, 0.1) is 27.3 Å². The summed E-state index contributed by atoms with van der Waals surface area (Å²) in [5.74, 6) is 1.23. The van der Waals surface area contributed by atoms with E-state index in [2.05, 4.69) is 5.32 Å². The number of hydrogen-bond donors (Lipinski definition) is 2. The van der Waals surface area contributed by atoms with Gasteiger partial charge in [-0.1, -0.05) is 18.2 Å². The number of nitrogens with one attached hydrogen (secondary N) is 1. The molecule has 24 heavy (non-hydrogen) atoms. The molecule has 1 aliphatic heterocycles. The number of carbonyl (C=O) groups is 1. The monoisotopic (exact) mass is 328 g/mol. The van der Waals surface area contributed by atoms with Gasteiger partial charge in [0.25, 0.3) is 0 Å². The number of urea groups is 1. The Morgan fingerprint density at radius 3 is 2.46 bits per heavy atom. The minimum absolute atomic E-state index is 0.190. The first-order valence-electron chi connectivity index (χ1n) is 7.66. The van der Waals surface area contributed by atoms with E-state index in [1.54, 1.807) is 31.3 Å². The fourth-order valence-electron chi connectivity index (χ4n) is 2.96. The lowest BCUT2D eigenvalue weighted by atomic mass is 9.95. The predicted octanol–water partition coefficient (Wildman–Crippen LogP) is 2.78. The van der Waals surface area contributed by atoms with Crippen LogP contribution in [0.15, 0.2) is 42.5 Å². The van der Waals surface area contributed by atoms with Gasteiger partial charge >= 0.3 is 6.03 Å². The largest absolute Gasteiger partial charge is 0.496 e. The number of nitrogens with zero attached hydrogens (tertiary/aromatic N) is 1. The van der Waals surface area contributed by atoms with E-state index in [0.29, 0.717) is 29.3 Å². The maximum Gasteiger partial charge on any atom is 0.322 e. The molecule has 0 fully saturated rings. The van der Waals surface area contributed by atoms with Crippen LogP contribution >= 0.6 is 0 Å². The normalized spacial score (nSPS) is 16.3. The highest BCUT2D eigenvalue weighted by molar-refractivity contribution is 5.89. The van der Waals surface area contributed by atoms with Crippen LogP contribution in [0.25, 0.3) is 0 Å². The Kier molecular flexibility index (Phi) is 4.57. The zero-order chi connectivity index (χ0) is 17.1. The molecule has 2 aromatic carbocycles. The Hall–Kier alpha value is -2.73. The Morgan fingerprint density at radius 2 is 1.79 bits per heavy atom. The highest BCUT2D eigenvalue weighted by Gasteiger charge is 2.31. The zero-order valence-corrected chi connectivity index (χ0v) is 13.7. The van der Waals surface area contributed by atoms with E-state index in [9.17, 15) is 9.90 Å². The molecule has 1 heterocycles. The quantitative estimate of drug-likeness (QED) is 0.909. The maximum absolute atomic E-state index is 12.5. The lowest BCUT2D eigenvalue weighted by Gasteiger charge is -2.34. The third-order valence-electron chi connectivity index (χ3n) is 4.10. The second-order valence-electron chi connectivity index (χ2n) is 5.55. The Labute approximate surface area is 140 Å².